The Balaban J connectivity index is 1.63. The molecule has 3 rings (SSSR count). The first-order valence-corrected chi connectivity index (χ1v) is 7.43. The molecule has 1 saturated heterocycles. The minimum absolute atomic E-state index is 0.326. The van der Waals surface area contributed by atoms with E-state index in [0.717, 1.165) is 25.7 Å². The Bertz CT molecular complexity index is 413. The molecule has 1 N–H and O–H groups in total. The Morgan fingerprint density at radius 2 is 1.95 bits per heavy atom. The van der Waals surface area contributed by atoms with Crippen LogP contribution in [-0.2, 0) is 11.3 Å². The summed E-state index contributed by atoms with van der Waals surface area (Å²) in [4.78, 5) is 2.45. The Labute approximate surface area is 115 Å². The summed E-state index contributed by atoms with van der Waals surface area (Å²) in [7, 11) is 0. The van der Waals surface area contributed by atoms with Crippen molar-refractivity contribution in [3.05, 3.63) is 29.8 Å². The van der Waals surface area contributed by atoms with Gasteiger partial charge in [0.2, 0.25) is 0 Å². The van der Waals surface area contributed by atoms with Crippen LogP contribution in [0.15, 0.2) is 24.3 Å². The van der Waals surface area contributed by atoms with Crippen LogP contribution in [0, 0.1) is 0 Å². The van der Waals surface area contributed by atoms with E-state index in [0.29, 0.717) is 12.1 Å². The zero-order chi connectivity index (χ0) is 13.2. The highest BCUT2D eigenvalue weighted by Gasteiger charge is 2.23. The predicted molar refractivity (Wildman–Crippen MR) is 78.5 cm³/mol. The first-order chi connectivity index (χ1) is 9.22. The highest BCUT2D eigenvalue weighted by atomic mass is 16.5. The summed E-state index contributed by atoms with van der Waals surface area (Å²) in [5, 5.41) is 3.55. The standard InChI is InChI=1S/C16H24N2O/c1-12-11-19-13(2)10-18(12)16-7-3-14(4-8-16)9-17-15-5-6-15/h3-4,7-8,12-13,15,17H,5-6,9-11H2,1-2H3. The van der Waals surface area contributed by atoms with Crippen LogP contribution in [0.4, 0.5) is 5.69 Å². The van der Waals surface area contributed by atoms with Gasteiger partial charge < -0.3 is 15.0 Å². The SMILES string of the molecule is CC1CN(c2ccc(CNC3CC3)cc2)C(C)CO1. The number of nitrogens with one attached hydrogen (secondary N) is 1. The van der Waals surface area contributed by atoms with E-state index in [1.54, 1.807) is 0 Å². The Morgan fingerprint density at radius 3 is 2.63 bits per heavy atom. The second kappa shape index (κ2) is 5.51. The van der Waals surface area contributed by atoms with Gasteiger partial charge in [-0.15, -0.1) is 0 Å². The first kappa shape index (κ1) is 12.9. The van der Waals surface area contributed by atoms with Crippen molar-refractivity contribution in [1.82, 2.24) is 5.32 Å². The van der Waals surface area contributed by atoms with Gasteiger partial charge in [0.15, 0.2) is 0 Å². The molecule has 3 heteroatoms. The molecular formula is C16H24N2O. The summed E-state index contributed by atoms with van der Waals surface area (Å²) in [6.45, 7) is 7.19. The molecule has 1 saturated carbocycles. The smallest absolute Gasteiger partial charge is 0.0723 e. The molecule has 1 aromatic carbocycles. The minimum Gasteiger partial charge on any atom is -0.375 e. The maximum Gasteiger partial charge on any atom is 0.0723 e. The lowest BCUT2D eigenvalue weighted by molar-refractivity contribution is 0.0344. The largest absolute Gasteiger partial charge is 0.375 e. The quantitative estimate of drug-likeness (QED) is 0.900. The topological polar surface area (TPSA) is 24.5 Å². The maximum absolute atomic E-state index is 5.69. The van der Waals surface area contributed by atoms with Crippen LogP contribution in [0.25, 0.3) is 0 Å². The van der Waals surface area contributed by atoms with E-state index < -0.39 is 0 Å². The van der Waals surface area contributed by atoms with E-state index in [9.17, 15) is 0 Å². The van der Waals surface area contributed by atoms with Gasteiger partial charge in [-0.2, -0.15) is 0 Å². The lowest BCUT2D eigenvalue weighted by Crippen LogP contribution is -2.47. The van der Waals surface area contributed by atoms with Gasteiger partial charge in [0, 0.05) is 30.9 Å². The maximum atomic E-state index is 5.69. The van der Waals surface area contributed by atoms with Crippen molar-refractivity contribution < 1.29 is 4.74 Å². The Hall–Kier alpha value is -1.06. The molecule has 1 aliphatic carbocycles. The molecule has 19 heavy (non-hydrogen) atoms. The lowest BCUT2D eigenvalue weighted by atomic mass is 10.1. The molecule has 0 aromatic heterocycles. The van der Waals surface area contributed by atoms with Crippen molar-refractivity contribution in [3.63, 3.8) is 0 Å². The summed E-state index contributed by atoms with van der Waals surface area (Å²) in [6, 6.07) is 10.2. The third-order valence-corrected chi connectivity index (χ3v) is 4.05. The van der Waals surface area contributed by atoms with E-state index in [4.69, 9.17) is 4.74 Å². The summed E-state index contributed by atoms with van der Waals surface area (Å²) in [5.74, 6) is 0. The van der Waals surface area contributed by atoms with Gasteiger partial charge in [0.05, 0.1) is 12.7 Å². The molecule has 104 valence electrons. The third-order valence-electron chi connectivity index (χ3n) is 4.05. The van der Waals surface area contributed by atoms with Crippen molar-refractivity contribution >= 4 is 5.69 Å². The third kappa shape index (κ3) is 3.28. The average Bonchev–Trinajstić information content (AvgIpc) is 3.24. The Kier molecular flexibility index (Phi) is 3.76. The highest BCUT2D eigenvalue weighted by Crippen LogP contribution is 2.23. The number of ether oxygens (including phenoxy) is 1. The molecule has 1 aliphatic heterocycles. The molecule has 3 nitrogen and oxygen atoms in total. The molecule has 1 aromatic rings. The van der Waals surface area contributed by atoms with Gasteiger partial charge >= 0.3 is 0 Å². The molecule has 2 atom stereocenters. The van der Waals surface area contributed by atoms with Crippen LogP contribution in [0.5, 0.6) is 0 Å². The van der Waals surface area contributed by atoms with E-state index >= 15 is 0 Å². The number of benzene rings is 1. The molecule has 2 fully saturated rings. The van der Waals surface area contributed by atoms with E-state index in [2.05, 4.69) is 48.3 Å². The minimum atomic E-state index is 0.326. The molecule has 0 bridgehead atoms. The average molecular weight is 260 g/mol. The fourth-order valence-corrected chi connectivity index (χ4v) is 2.62. The van der Waals surface area contributed by atoms with Gasteiger partial charge in [-0.1, -0.05) is 12.1 Å². The van der Waals surface area contributed by atoms with Crippen molar-refractivity contribution in [3.8, 4) is 0 Å². The second-order valence-electron chi connectivity index (χ2n) is 5.97. The summed E-state index contributed by atoms with van der Waals surface area (Å²) >= 11 is 0. The predicted octanol–water partition coefficient (Wildman–Crippen LogP) is 2.55. The van der Waals surface area contributed by atoms with Gasteiger partial charge in [-0.05, 0) is 44.4 Å². The number of hydrogen-bond acceptors (Lipinski definition) is 3. The molecule has 0 amide bonds. The summed E-state index contributed by atoms with van der Waals surface area (Å²) in [5.41, 5.74) is 2.70. The number of anilines is 1. The van der Waals surface area contributed by atoms with Crippen LogP contribution < -0.4 is 10.2 Å². The molecular weight excluding hydrogens is 236 g/mol. The number of rotatable bonds is 4. The van der Waals surface area contributed by atoms with Crippen LogP contribution in [0.1, 0.15) is 32.3 Å². The number of nitrogens with zero attached hydrogens (tertiary/aromatic N) is 1. The molecule has 1 heterocycles. The van der Waals surface area contributed by atoms with Gasteiger partial charge in [-0.3, -0.25) is 0 Å². The summed E-state index contributed by atoms with van der Waals surface area (Å²) < 4.78 is 5.69. The zero-order valence-corrected chi connectivity index (χ0v) is 11.9. The second-order valence-corrected chi connectivity index (χ2v) is 5.97. The van der Waals surface area contributed by atoms with Crippen molar-refractivity contribution in [2.24, 2.45) is 0 Å². The van der Waals surface area contributed by atoms with Crippen molar-refractivity contribution in [2.75, 3.05) is 18.1 Å². The highest BCUT2D eigenvalue weighted by molar-refractivity contribution is 5.49. The van der Waals surface area contributed by atoms with Crippen LogP contribution in [-0.4, -0.2) is 31.3 Å². The lowest BCUT2D eigenvalue weighted by Gasteiger charge is -2.38. The van der Waals surface area contributed by atoms with E-state index in [1.807, 2.05) is 0 Å². The van der Waals surface area contributed by atoms with E-state index in [-0.39, 0.29) is 0 Å². The normalized spacial score (nSPS) is 27.6. The molecule has 0 radical (unpaired) electrons. The van der Waals surface area contributed by atoms with Crippen LogP contribution in [0.2, 0.25) is 0 Å². The van der Waals surface area contributed by atoms with Gasteiger partial charge in [0.1, 0.15) is 0 Å². The van der Waals surface area contributed by atoms with Crippen molar-refractivity contribution in [2.45, 2.75) is 51.4 Å². The fraction of sp³-hybridized carbons (Fsp3) is 0.625. The van der Waals surface area contributed by atoms with E-state index in [1.165, 1.54) is 24.1 Å². The molecule has 2 aliphatic rings. The number of morpholine rings is 1. The van der Waals surface area contributed by atoms with Crippen LogP contribution >= 0.6 is 0 Å². The fourth-order valence-electron chi connectivity index (χ4n) is 2.62. The molecule has 0 spiro atoms. The first-order valence-electron chi connectivity index (χ1n) is 7.43. The zero-order valence-electron chi connectivity index (χ0n) is 11.9. The summed E-state index contributed by atoms with van der Waals surface area (Å²) in [6.07, 6.45) is 3.02. The Morgan fingerprint density at radius 1 is 1.21 bits per heavy atom. The van der Waals surface area contributed by atoms with Gasteiger partial charge in [0.25, 0.3) is 0 Å². The van der Waals surface area contributed by atoms with Crippen LogP contribution in [0.3, 0.4) is 0 Å². The molecule has 2 unspecified atom stereocenters. The number of hydrogen-bond donors (Lipinski definition) is 1. The van der Waals surface area contributed by atoms with Gasteiger partial charge in [-0.25, -0.2) is 0 Å². The van der Waals surface area contributed by atoms with Crippen molar-refractivity contribution in [1.29, 1.82) is 0 Å². The monoisotopic (exact) mass is 260 g/mol.